The molecule has 0 aliphatic rings. The maximum atomic E-state index is 12.0. The second kappa shape index (κ2) is 8.50. The fourth-order valence-corrected chi connectivity index (χ4v) is 3.19. The predicted octanol–water partition coefficient (Wildman–Crippen LogP) is 1.15. The largest absolute Gasteiger partial charge is 0.493 e. The molecule has 10 nitrogen and oxygen atoms in total. The summed E-state index contributed by atoms with van der Waals surface area (Å²) >= 11 is 0. The van der Waals surface area contributed by atoms with Crippen LogP contribution in [0.1, 0.15) is 36.3 Å². The van der Waals surface area contributed by atoms with Crippen molar-refractivity contribution in [3.05, 3.63) is 69.0 Å². The molecule has 32 heavy (non-hydrogen) atoms. The first kappa shape index (κ1) is 21.0. The van der Waals surface area contributed by atoms with Gasteiger partial charge in [0.1, 0.15) is 5.69 Å². The Morgan fingerprint density at radius 1 is 1.34 bits per heavy atom. The number of nitrogens with zero attached hydrogens (tertiary/aromatic N) is 4. The number of fused-ring (bicyclic) bond motifs is 1. The van der Waals surface area contributed by atoms with Crippen molar-refractivity contribution in [1.82, 2.24) is 24.6 Å². The molecule has 1 unspecified atom stereocenters. The van der Waals surface area contributed by atoms with E-state index in [2.05, 4.69) is 15.1 Å². The van der Waals surface area contributed by atoms with Crippen LogP contribution in [0.4, 0.5) is 0 Å². The third-order valence-corrected chi connectivity index (χ3v) is 5.04. The van der Waals surface area contributed by atoms with Crippen LogP contribution in [0.25, 0.3) is 23.0 Å². The van der Waals surface area contributed by atoms with Crippen molar-refractivity contribution >= 4 is 17.7 Å². The van der Waals surface area contributed by atoms with Gasteiger partial charge >= 0.3 is 11.7 Å². The molecule has 1 atom stereocenters. The van der Waals surface area contributed by atoms with Crippen molar-refractivity contribution in [2.24, 2.45) is 4.99 Å². The first-order valence-electron chi connectivity index (χ1n) is 10.0. The van der Waals surface area contributed by atoms with E-state index < -0.39 is 11.7 Å². The molecule has 0 saturated carbocycles. The Bertz CT molecular complexity index is 1480. The van der Waals surface area contributed by atoms with Crippen molar-refractivity contribution in [2.45, 2.75) is 26.3 Å². The maximum Gasteiger partial charge on any atom is 0.337 e. The van der Waals surface area contributed by atoms with Crippen LogP contribution >= 0.6 is 0 Å². The molecule has 1 aromatic carbocycles. The summed E-state index contributed by atoms with van der Waals surface area (Å²) < 4.78 is 6.43. The highest BCUT2D eigenvalue weighted by Crippen LogP contribution is 2.18. The number of aromatic hydroxyl groups is 1. The molecule has 0 bridgehead atoms. The zero-order valence-corrected chi connectivity index (χ0v) is 17.8. The zero-order chi connectivity index (χ0) is 22.8. The Balaban J connectivity index is 1.99. The number of hydrogen-bond acceptors (Lipinski definition) is 7. The van der Waals surface area contributed by atoms with Gasteiger partial charge in [0.15, 0.2) is 11.1 Å². The van der Waals surface area contributed by atoms with Crippen molar-refractivity contribution in [1.29, 1.82) is 0 Å². The van der Waals surface area contributed by atoms with Crippen molar-refractivity contribution in [2.75, 3.05) is 7.11 Å². The minimum absolute atomic E-state index is 0.0524. The van der Waals surface area contributed by atoms with Gasteiger partial charge in [0.05, 0.1) is 24.6 Å². The molecule has 0 amide bonds. The maximum absolute atomic E-state index is 12.0. The number of aromatic amines is 2. The molecule has 3 heterocycles. The van der Waals surface area contributed by atoms with Crippen LogP contribution < -0.4 is 16.4 Å². The van der Waals surface area contributed by atoms with Crippen LogP contribution in [-0.4, -0.2) is 48.8 Å². The smallest absolute Gasteiger partial charge is 0.337 e. The van der Waals surface area contributed by atoms with E-state index in [0.717, 1.165) is 6.42 Å². The second-order valence-electron chi connectivity index (χ2n) is 7.28. The summed E-state index contributed by atoms with van der Waals surface area (Å²) in [5.74, 6) is -0.719. The quantitative estimate of drug-likeness (QED) is 0.403. The van der Waals surface area contributed by atoms with Gasteiger partial charge in [-0.3, -0.25) is 9.98 Å². The number of ether oxygens (including phenoxy) is 1. The lowest BCUT2D eigenvalue weighted by Crippen LogP contribution is -2.21. The monoisotopic (exact) mass is 434 g/mol. The van der Waals surface area contributed by atoms with Gasteiger partial charge in [-0.15, -0.1) is 0 Å². The van der Waals surface area contributed by atoms with Crippen LogP contribution in [-0.2, 0) is 4.74 Å². The van der Waals surface area contributed by atoms with Gasteiger partial charge in [-0.25, -0.2) is 14.6 Å². The molecule has 164 valence electrons. The van der Waals surface area contributed by atoms with Crippen LogP contribution in [0.2, 0.25) is 0 Å². The first-order valence-corrected chi connectivity index (χ1v) is 10.0. The molecular weight excluding hydrogens is 412 g/mol. The molecule has 0 saturated heterocycles. The van der Waals surface area contributed by atoms with Crippen LogP contribution in [0.15, 0.2) is 46.3 Å². The zero-order valence-electron chi connectivity index (χ0n) is 17.8. The number of rotatable bonds is 5. The van der Waals surface area contributed by atoms with Crippen LogP contribution in [0.3, 0.4) is 0 Å². The lowest BCUT2D eigenvalue weighted by Gasteiger charge is -2.06. The molecule has 0 fully saturated rings. The number of methoxy groups -OCH3 is 1. The highest BCUT2D eigenvalue weighted by molar-refractivity contribution is 5.90. The fourth-order valence-electron chi connectivity index (χ4n) is 3.19. The van der Waals surface area contributed by atoms with Crippen LogP contribution in [0.5, 0.6) is 5.88 Å². The molecule has 0 aliphatic carbocycles. The third kappa shape index (κ3) is 4.02. The van der Waals surface area contributed by atoms with Crippen molar-refractivity contribution in [3.63, 3.8) is 0 Å². The van der Waals surface area contributed by atoms with E-state index in [0.29, 0.717) is 33.2 Å². The van der Waals surface area contributed by atoms with Crippen LogP contribution in [0, 0.1) is 0 Å². The number of imidazole rings is 1. The van der Waals surface area contributed by atoms with Gasteiger partial charge in [0, 0.05) is 22.9 Å². The van der Waals surface area contributed by atoms with Gasteiger partial charge in [0.2, 0.25) is 5.88 Å². The third-order valence-electron chi connectivity index (χ3n) is 5.04. The summed E-state index contributed by atoms with van der Waals surface area (Å²) in [4.78, 5) is 37.7. The average Bonchev–Trinajstić information content (AvgIpc) is 3.35. The first-order chi connectivity index (χ1) is 15.4. The SMILES string of the molecule is CCC(C)N=c1cc(-c2cccc(C(=O)OC)c2)nc2c(=Cc3[nH]c(=O)[nH]c3O)cnn12. The van der Waals surface area contributed by atoms with E-state index in [4.69, 9.17) is 14.7 Å². The van der Waals surface area contributed by atoms with Gasteiger partial charge in [-0.2, -0.15) is 9.61 Å². The Kier molecular flexibility index (Phi) is 5.59. The average molecular weight is 434 g/mol. The number of aromatic nitrogens is 5. The number of hydrogen-bond donors (Lipinski definition) is 3. The Hall–Kier alpha value is -4.21. The normalized spacial score (nSPS) is 13.6. The molecular formula is C22H22N6O4. The number of carbonyl (C=O) groups is 1. The lowest BCUT2D eigenvalue weighted by atomic mass is 10.1. The van der Waals surface area contributed by atoms with E-state index in [9.17, 15) is 14.7 Å². The van der Waals surface area contributed by atoms with E-state index >= 15 is 0 Å². The fraction of sp³-hybridized carbons (Fsp3) is 0.227. The molecule has 4 rings (SSSR count). The van der Waals surface area contributed by atoms with E-state index in [1.165, 1.54) is 7.11 Å². The minimum atomic E-state index is -0.522. The molecule has 4 aromatic rings. The van der Waals surface area contributed by atoms with Crippen molar-refractivity contribution in [3.8, 4) is 17.1 Å². The summed E-state index contributed by atoms with van der Waals surface area (Å²) in [7, 11) is 1.33. The number of benzene rings is 1. The molecule has 10 heteroatoms. The number of carbonyl (C=O) groups excluding carboxylic acids is 1. The summed E-state index contributed by atoms with van der Waals surface area (Å²) in [6.45, 7) is 4.05. The Morgan fingerprint density at radius 2 is 2.16 bits per heavy atom. The summed E-state index contributed by atoms with van der Waals surface area (Å²) in [5.41, 5.74) is 2.47. The summed E-state index contributed by atoms with van der Waals surface area (Å²) in [6.07, 6.45) is 4.00. The molecule has 3 N–H and O–H groups in total. The highest BCUT2D eigenvalue weighted by Gasteiger charge is 2.12. The number of nitrogens with one attached hydrogen (secondary N) is 2. The van der Waals surface area contributed by atoms with E-state index in [-0.39, 0.29) is 17.6 Å². The molecule has 0 spiro atoms. The molecule has 0 radical (unpaired) electrons. The van der Waals surface area contributed by atoms with E-state index in [1.54, 1.807) is 35.0 Å². The Labute approximate surface area is 181 Å². The van der Waals surface area contributed by atoms with Gasteiger partial charge in [-0.1, -0.05) is 19.1 Å². The topological polar surface area (TPSA) is 138 Å². The number of esters is 1. The Morgan fingerprint density at radius 3 is 2.84 bits per heavy atom. The summed E-state index contributed by atoms with van der Waals surface area (Å²) in [5, 5.41) is 14.9. The predicted molar refractivity (Wildman–Crippen MR) is 117 cm³/mol. The minimum Gasteiger partial charge on any atom is -0.493 e. The number of H-pyrrole nitrogens is 2. The molecule has 0 aliphatic heterocycles. The van der Waals surface area contributed by atoms with Crippen molar-refractivity contribution < 1.29 is 14.6 Å². The summed E-state index contributed by atoms with van der Waals surface area (Å²) in [6, 6.07) is 8.82. The second-order valence-corrected chi connectivity index (χ2v) is 7.28. The standard InChI is InChI=1S/C22H22N6O4/c1-4-12(2)24-18-10-16(13-6-5-7-14(8-13)21(30)32-3)25-19-15(11-23-28(18)19)9-17-20(29)27-22(31)26-17/h5-12,29H,4H2,1-3H3,(H2,26,27,31). The highest BCUT2D eigenvalue weighted by atomic mass is 16.5. The molecule has 3 aromatic heterocycles. The lowest BCUT2D eigenvalue weighted by molar-refractivity contribution is 0.0601. The van der Waals surface area contributed by atoms with Gasteiger partial charge in [-0.05, 0) is 31.6 Å². The van der Waals surface area contributed by atoms with E-state index in [1.807, 2.05) is 26.0 Å². The van der Waals surface area contributed by atoms with Gasteiger partial charge in [0.25, 0.3) is 0 Å². The van der Waals surface area contributed by atoms with Gasteiger partial charge < -0.3 is 14.8 Å².